The van der Waals surface area contributed by atoms with Gasteiger partial charge >= 0.3 is 0 Å². The number of methoxy groups -OCH3 is 3. The molecular formula is C18H24IN3O4. The van der Waals surface area contributed by atoms with Gasteiger partial charge in [-0.05, 0) is 29.8 Å². The van der Waals surface area contributed by atoms with Gasteiger partial charge < -0.3 is 30.4 Å². The number of hydrogen-bond donors (Lipinski definition) is 3. The quantitative estimate of drug-likeness (QED) is 0.325. The molecule has 0 radical (unpaired) electrons. The average molecular weight is 473 g/mol. The summed E-state index contributed by atoms with van der Waals surface area (Å²) in [5.74, 6) is 2.13. The van der Waals surface area contributed by atoms with Crippen molar-refractivity contribution in [1.82, 2.24) is 0 Å². The van der Waals surface area contributed by atoms with E-state index in [1.165, 1.54) is 0 Å². The van der Waals surface area contributed by atoms with Gasteiger partial charge in [0.25, 0.3) is 0 Å². The number of guanidine groups is 1. The molecule has 0 aliphatic heterocycles. The lowest BCUT2D eigenvalue weighted by molar-refractivity contribution is 0.187. The maximum Gasteiger partial charge on any atom is 0.193 e. The van der Waals surface area contributed by atoms with Gasteiger partial charge in [-0.3, -0.25) is 4.99 Å². The fourth-order valence-electron chi connectivity index (χ4n) is 2.22. The van der Waals surface area contributed by atoms with Crippen molar-refractivity contribution in [2.24, 2.45) is 10.7 Å². The molecule has 0 aliphatic carbocycles. The van der Waals surface area contributed by atoms with Gasteiger partial charge in [-0.15, -0.1) is 24.0 Å². The SMILES string of the molecule is COc1ccc(C(O)CN=C(N)Nc2ccc(OC)c(OC)c2)cc1.I. The van der Waals surface area contributed by atoms with Crippen LogP contribution in [0.2, 0.25) is 0 Å². The second-order valence-electron chi connectivity index (χ2n) is 5.21. The van der Waals surface area contributed by atoms with Gasteiger partial charge in [-0.2, -0.15) is 0 Å². The third-order valence-electron chi connectivity index (χ3n) is 3.59. The van der Waals surface area contributed by atoms with Crippen molar-refractivity contribution < 1.29 is 19.3 Å². The highest BCUT2D eigenvalue weighted by Gasteiger charge is 2.08. The minimum Gasteiger partial charge on any atom is -0.497 e. The molecule has 0 heterocycles. The van der Waals surface area contributed by atoms with Crippen molar-refractivity contribution in [1.29, 1.82) is 0 Å². The van der Waals surface area contributed by atoms with Crippen LogP contribution >= 0.6 is 24.0 Å². The fraction of sp³-hybridized carbons (Fsp3) is 0.278. The number of nitrogens with one attached hydrogen (secondary N) is 1. The van der Waals surface area contributed by atoms with Gasteiger partial charge in [-0.1, -0.05) is 12.1 Å². The van der Waals surface area contributed by atoms with Gasteiger partial charge in [-0.25, -0.2) is 0 Å². The lowest BCUT2D eigenvalue weighted by atomic mass is 10.1. The molecule has 0 bridgehead atoms. The highest BCUT2D eigenvalue weighted by atomic mass is 127. The Balaban J connectivity index is 0.00000338. The van der Waals surface area contributed by atoms with Crippen molar-refractivity contribution in [3.05, 3.63) is 48.0 Å². The number of aliphatic imine (C=N–C) groups is 1. The van der Waals surface area contributed by atoms with Gasteiger partial charge in [0, 0.05) is 11.8 Å². The molecule has 26 heavy (non-hydrogen) atoms. The second kappa shape index (κ2) is 10.7. The van der Waals surface area contributed by atoms with Crippen LogP contribution in [-0.4, -0.2) is 38.9 Å². The van der Waals surface area contributed by atoms with E-state index >= 15 is 0 Å². The van der Waals surface area contributed by atoms with Gasteiger partial charge in [0.1, 0.15) is 5.75 Å². The number of nitrogens with zero attached hydrogens (tertiary/aromatic N) is 1. The minimum atomic E-state index is -0.753. The first-order chi connectivity index (χ1) is 12.1. The molecule has 0 amide bonds. The van der Waals surface area contributed by atoms with Crippen molar-refractivity contribution in [3.63, 3.8) is 0 Å². The molecule has 0 spiro atoms. The van der Waals surface area contributed by atoms with Crippen LogP contribution in [0.25, 0.3) is 0 Å². The average Bonchev–Trinajstić information content (AvgIpc) is 2.66. The highest BCUT2D eigenvalue weighted by molar-refractivity contribution is 14.0. The minimum absolute atomic E-state index is 0. The lowest BCUT2D eigenvalue weighted by Gasteiger charge is -2.12. The second-order valence-corrected chi connectivity index (χ2v) is 5.21. The molecule has 2 rings (SSSR count). The molecule has 0 saturated heterocycles. The Morgan fingerprint density at radius 3 is 2.27 bits per heavy atom. The Bertz CT molecular complexity index is 723. The summed E-state index contributed by atoms with van der Waals surface area (Å²) in [5.41, 5.74) is 7.32. The van der Waals surface area contributed by atoms with Crippen LogP contribution in [0.3, 0.4) is 0 Å². The summed E-state index contributed by atoms with van der Waals surface area (Å²) in [6.45, 7) is 0.137. The summed E-state index contributed by atoms with van der Waals surface area (Å²) in [6.07, 6.45) is -0.753. The topological polar surface area (TPSA) is 98.3 Å². The van der Waals surface area contributed by atoms with Gasteiger partial charge in [0.05, 0.1) is 34.0 Å². The molecular weight excluding hydrogens is 449 g/mol. The predicted molar refractivity (Wildman–Crippen MR) is 113 cm³/mol. The summed E-state index contributed by atoms with van der Waals surface area (Å²) >= 11 is 0. The third-order valence-corrected chi connectivity index (χ3v) is 3.59. The molecule has 2 aromatic rings. The van der Waals surface area contributed by atoms with E-state index in [-0.39, 0.29) is 36.5 Å². The van der Waals surface area contributed by atoms with E-state index in [2.05, 4.69) is 10.3 Å². The molecule has 0 saturated carbocycles. The summed E-state index contributed by atoms with van der Waals surface area (Å²) in [4.78, 5) is 4.17. The summed E-state index contributed by atoms with van der Waals surface area (Å²) in [7, 11) is 4.72. The van der Waals surface area contributed by atoms with Crippen molar-refractivity contribution in [3.8, 4) is 17.2 Å². The summed E-state index contributed by atoms with van der Waals surface area (Å²) < 4.78 is 15.5. The fourth-order valence-corrected chi connectivity index (χ4v) is 2.22. The number of anilines is 1. The van der Waals surface area contributed by atoms with E-state index in [1.54, 1.807) is 63.8 Å². The standard InChI is InChI=1S/C18H23N3O4.HI/c1-23-14-7-4-12(5-8-14)15(22)11-20-18(19)21-13-6-9-16(24-2)17(10-13)25-3;/h4-10,15,22H,11H2,1-3H3,(H3,19,20,21);1H. The number of halogens is 1. The van der Waals surface area contributed by atoms with Crippen molar-refractivity contribution in [2.75, 3.05) is 33.2 Å². The Labute approximate surface area is 170 Å². The van der Waals surface area contributed by atoms with Crippen molar-refractivity contribution in [2.45, 2.75) is 6.10 Å². The van der Waals surface area contributed by atoms with Crippen LogP contribution in [0.5, 0.6) is 17.2 Å². The Morgan fingerprint density at radius 2 is 1.69 bits per heavy atom. The summed E-state index contributed by atoms with van der Waals surface area (Å²) in [6, 6.07) is 12.5. The van der Waals surface area contributed by atoms with E-state index in [0.29, 0.717) is 17.2 Å². The number of ether oxygens (including phenoxy) is 3. The number of aliphatic hydroxyl groups is 1. The Morgan fingerprint density at radius 1 is 1.04 bits per heavy atom. The molecule has 1 unspecified atom stereocenters. The normalized spacial score (nSPS) is 11.9. The zero-order valence-electron chi connectivity index (χ0n) is 14.9. The van der Waals surface area contributed by atoms with Crippen LogP contribution in [0.4, 0.5) is 5.69 Å². The number of benzene rings is 2. The van der Waals surface area contributed by atoms with Crippen LogP contribution < -0.4 is 25.3 Å². The number of nitrogens with two attached hydrogens (primary N) is 1. The molecule has 0 fully saturated rings. The van der Waals surface area contributed by atoms with Crippen LogP contribution in [0.1, 0.15) is 11.7 Å². The highest BCUT2D eigenvalue weighted by Crippen LogP contribution is 2.29. The number of aliphatic hydroxyl groups excluding tert-OH is 1. The molecule has 8 heteroatoms. The number of hydrogen-bond acceptors (Lipinski definition) is 5. The Hall–Kier alpha value is -2.20. The zero-order valence-corrected chi connectivity index (χ0v) is 17.3. The van der Waals surface area contributed by atoms with E-state index in [0.717, 1.165) is 11.3 Å². The van der Waals surface area contributed by atoms with Crippen LogP contribution in [0.15, 0.2) is 47.5 Å². The maximum absolute atomic E-state index is 10.2. The van der Waals surface area contributed by atoms with Crippen LogP contribution in [0, 0.1) is 0 Å². The molecule has 142 valence electrons. The monoisotopic (exact) mass is 473 g/mol. The first kappa shape index (κ1) is 21.8. The predicted octanol–water partition coefficient (Wildman–Crippen LogP) is 2.79. The Kier molecular flexibility index (Phi) is 9.00. The maximum atomic E-state index is 10.2. The van der Waals surface area contributed by atoms with E-state index in [4.69, 9.17) is 19.9 Å². The number of rotatable bonds is 7. The molecule has 1 atom stereocenters. The molecule has 7 nitrogen and oxygen atoms in total. The van der Waals surface area contributed by atoms with E-state index in [9.17, 15) is 5.11 Å². The van der Waals surface area contributed by atoms with Crippen molar-refractivity contribution >= 4 is 35.6 Å². The van der Waals surface area contributed by atoms with E-state index in [1.807, 2.05) is 0 Å². The lowest BCUT2D eigenvalue weighted by Crippen LogP contribution is -2.23. The first-order valence-electron chi connectivity index (χ1n) is 7.68. The van der Waals surface area contributed by atoms with Gasteiger partial charge in [0.15, 0.2) is 17.5 Å². The molecule has 2 aromatic carbocycles. The first-order valence-corrected chi connectivity index (χ1v) is 7.68. The zero-order chi connectivity index (χ0) is 18.2. The molecule has 4 N–H and O–H groups in total. The third kappa shape index (κ3) is 5.95. The van der Waals surface area contributed by atoms with E-state index < -0.39 is 6.10 Å². The largest absolute Gasteiger partial charge is 0.497 e. The summed E-state index contributed by atoms with van der Waals surface area (Å²) in [5, 5.41) is 13.1. The van der Waals surface area contributed by atoms with Gasteiger partial charge in [0.2, 0.25) is 0 Å². The molecule has 0 aliphatic rings. The molecule has 0 aromatic heterocycles. The van der Waals surface area contributed by atoms with Crippen LogP contribution in [-0.2, 0) is 0 Å². The smallest absolute Gasteiger partial charge is 0.193 e.